The molecule has 2 aliphatic heterocycles. The molecule has 0 aliphatic carbocycles. The molecule has 0 saturated carbocycles. The number of sulfone groups is 1. The number of fused-ring (bicyclic) bond motifs is 1. The first-order valence-corrected chi connectivity index (χ1v) is 10.4. The van der Waals surface area contributed by atoms with Crippen molar-refractivity contribution in [2.24, 2.45) is 5.92 Å². The highest BCUT2D eigenvalue weighted by atomic mass is 32.2. The number of oxazole rings is 1. The van der Waals surface area contributed by atoms with Crippen molar-refractivity contribution in [2.45, 2.75) is 25.8 Å². The van der Waals surface area contributed by atoms with Gasteiger partial charge in [0.05, 0.1) is 18.1 Å². The smallest absolute Gasteiger partial charge is 0.226 e. The number of rotatable bonds is 2. The van der Waals surface area contributed by atoms with Gasteiger partial charge in [0.25, 0.3) is 0 Å². The summed E-state index contributed by atoms with van der Waals surface area (Å²) in [7, 11) is -2.95. The summed E-state index contributed by atoms with van der Waals surface area (Å²) >= 11 is 0. The number of nitrogens with zero attached hydrogens (tertiary/aromatic N) is 2. The van der Waals surface area contributed by atoms with Crippen molar-refractivity contribution < 1.29 is 17.6 Å². The SMILES string of the molecule is O=C(C1CCS(=O)(=O)CC1)N1CCc2oc(-c3ccccc3)nc2C1. The van der Waals surface area contributed by atoms with Gasteiger partial charge in [0.2, 0.25) is 11.8 Å². The minimum absolute atomic E-state index is 0.0461. The number of benzene rings is 1. The van der Waals surface area contributed by atoms with Crippen LogP contribution in [0.2, 0.25) is 0 Å². The highest BCUT2D eigenvalue weighted by molar-refractivity contribution is 7.91. The van der Waals surface area contributed by atoms with E-state index >= 15 is 0 Å². The predicted molar refractivity (Wildman–Crippen MR) is 92.4 cm³/mol. The van der Waals surface area contributed by atoms with Crippen LogP contribution < -0.4 is 0 Å². The minimum Gasteiger partial charge on any atom is -0.441 e. The van der Waals surface area contributed by atoms with Crippen molar-refractivity contribution in [3.63, 3.8) is 0 Å². The number of carbonyl (C=O) groups excluding carboxylic acids is 1. The summed E-state index contributed by atoms with van der Waals surface area (Å²) in [4.78, 5) is 19.1. The van der Waals surface area contributed by atoms with Crippen LogP contribution in [-0.4, -0.2) is 42.3 Å². The Labute approximate surface area is 146 Å². The van der Waals surface area contributed by atoms with Gasteiger partial charge in [0.15, 0.2) is 0 Å². The molecule has 1 aromatic carbocycles. The monoisotopic (exact) mass is 360 g/mol. The molecule has 1 fully saturated rings. The average Bonchev–Trinajstić information content (AvgIpc) is 3.05. The van der Waals surface area contributed by atoms with Crippen LogP contribution in [0.15, 0.2) is 34.7 Å². The van der Waals surface area contributed by atoms with E-state index in [1.54, 1.807) is 4.90 Å². The fraction of sp³-hybridized carbons (Fsp3) is 0.444. The van der Waals surface area contributed by atoms with Crippen LogP contribution in [0.4, 0.5) is 0 Å². The summed E-state index contributed by atoms with van der Waals surface area (Å²) < 4.78 is 29.0. The first kappa shape index (κ1) is 16.3. The van der Waals surface area contributed by atoms with Crippen LogP contribution in [0, 0.1) is 5.92 Å². The lowest BCUT2D eigenvalue weighted by Crippen LogP contribution is -2.42. The second kappa shape index (κ2) is 6.29. The van der Waals surface area contributed by atoms with E-state index in [0.717, 1.165) is 17.0 Å². The average molecular weight is 360 g/mol. The summed E-state index contributed by atoms with van der Waals surface area (Å²) in [6, 6.07) is 9.71. The summed E-state index contributed by atoms with van der Waals surface area (Å²) in [5.41, 5.74) is 1.73. The molecule has 0 radical (unpaired) electrons. The fourth-order valence-electron chi connectivity index (χ4n) is 3.49. The van der Waals surface area contributed by atoms with Gasteiger partial charge in [-0.05, 0) is 25.0 Å². The molecule has 25 heavy (non-hydrogen) atoms. The van der Waals surface area contributed by atoms with Gasteiger partial charge in [-0.3, -0.25) is 4.79 Å². The maximum absolute atomic E-state index is 12.7. The molecular formula is C18H20N2O4S. The molecule has 2 aliphatic rings. The largest absolute Gasteiger partial charge is 0.441 e. The van der Waals surface area contributed by atoms with E-state index < -0.39 is 9.84 Å². The molecule has 1 amide bonds. The van der Waals surface area contributed by atoms with Crippen LogP contribution in [0.5, 0.6) is 0 Å². The van der Waals surface area contributed by atoms with E-state index in [9.17, 15) is 13.2 Å². The quantitative estimate of drug-likeness (QED) is 0.819. The van der Waals surface area contributed by atoms with E-state index in [2.05, 4.69) is 4.98 Å². The zero-order valence-corrected chi connectivity index (χ0v) is 14.7. The highest BCUT2D eigenvalue weighted by Gasteiger charge is 2.33. The van der Waals surface area contributed by atoms with Crippen molar-refractivity contribution in [2.75, 3.05) is 18.1 Å². The molecule has 0 atom stereocenters. The molecule has 132 valence electrons. The van der Waals surface area contributed by atoms with E-state index in [4.69, 9.17) is 4.42 Å². The third-order valence-corrected chi connectivity index (χ3v) is 6.68. The minimum atomic E-state index is -2.95. The Morgan fingerprint density at radius 2 is 1.88 bits per heavy atom. The van der Waals surface area contributed by atoms with Gasteiger partial charge in [0.1, 0.15) is 21.3 Å². The van der Waals surface area contributed by atoms with Gasteiger partial charge in [-0.1, -0.05) is 18.2 Å². The molecular weight excluding hydrogens is 340 g/mol. The van der Waals surface area contributed by atoms with Crippen molar-refractivity contribution in [1.82, 2.24) is 9.88 Å². The Morgan fingerprint density at radius 1 is 1.16 bits per heavy atom. The van der Waals surface area contributed by atoms with E-state index in [-0.39, 0.29) is 23.3 Å². The lowest BCUT2D eigenvalue weighted by molar-refractivity contribution is -0.136. The van der Waals surface area contributed by atoms with E-state index in [1.165, 1.54) is 0 Å². The van der Waals surface area contributed by atoms with Gasteiger partial charge in [-0.25, -0.2) is 13.4 Å². The Bertz CT molecular complexity index is 875. The molecule has 6 nitrogen and oxygen atoms in total. The molecule has 0 spiro atoms. The molecule has 1 saturated heterocycles. The highest BCUT2D eigenvalue weighted by Crippen LogP contribution is 2.28. The lowest BCUT2D eigenvalue weighted by Gasteiger charge is -2.30. The van der Waals surface area contributed by atoms with Gasteiger partial charge in [0, 0.05) is 24.4 Å². The van der Waals surface area contributed by atoms with Crippen LogP contribution in [0.3, 0.4) is 0 Å². The van der Waals surface area contributed by atoms with Crippen molar-refractivity contribution >= 4 is 15.7 Å². The van der Waals surface area contributed by atoms with Crippen LogP contribution >= 0.6 is 0 Å². The maximum Gasteiger partial charge on any atom is 0.226 e. The van der Waals surface area contributed by atoms with Gasteiger partial charge in [-0.2, -0.15) is 0 Å². The van der Waals surface area contributed by atoms with Crippen LogP contribution in [0.25, 0.3) is 11.5 Å². The topological polar surface area (TPSA) is 80.5 Å². The van der Waals surface area contributed by atoms with E-state index in [0.29, 0.717) is 38.2 Å². The number of carbonyl (C=O) groups is 1. The van der Waals surface area contributed by atoms with Gasteiger partial charge >= 0.3 is 0 Å². The summed E-state index contributed by atoms with van der Waals surface area (Å²) in [5, 5.41) is 0. The third-order valence-electron chi connectivity index (χ3n) is 4.96. The Balaban J connectivity index is 1.48. The number of hydrogen-bond donors (Lipinski definition) is 0. The number of amides is 1. The maximum atomic E-state index is 12.7. The zero-order valence-electron chi connectivity index (χ0n) is 13.8. The second-order valence-electron chi connectivity index (χ2n) is 6.69. The molecule has 7 heteroatoms. The van der Waals surface area contributed by atoms with Crippen LogP contribution in [0.1, 0.15) is 24.3 Å². The number of hydrogen-bond acceptors (Lipinski definition) is 5. The Morgan fingerprint density at radius 3 is 2.60 bits per heavy atom. The van der Waals surface area contributed by atoms with Crippen molar-refractivity contribution in [3.8, 4) is 11.5 Å². The molecule has 0 N–H and O–H groups in total. The van der Waals surface area contributed by atoms with Crippen LogP contribution in [-0.2, 0) is 27.6 Å². The predicted octanol–water partition coefficient (Wildman–Crippen LogP) is 2.05. The lowest BCUT2D eigenvalue weighted by atomic mass is 10.00. The molecule has 4 rings (SSSR count). The van der Waals surface area contributed by atoms with Crippen molar-refractivity contribution in [3.05, 3.63) is 41.8 Å². The Hall–Kier alpha value is -2.15. The van der Waals surface area contributed by atoms with Crippen molar-refractivity contribution in [1.29, 1.82) is 0 Å². The second-order valence-corrected chi connectivity index (χ2v) is 8.99. The summed E-state index contributed by atoms with van der Waals surface area (Å²) in [6.45, 7) is 1.03. The summed E-state index contributed by atoms with van der Waals surface area (Å²) in [5.74, 6) is 1.52. The number of aromatic nitrogens is 1. The van der Waals surface area contributed by atoms with E-state index in [1.807, 2.05) is 30.3 Å². The molecule has 2 aromatic rings. The zero-order chi connectivity index (χ0) is 17.4. The fourth-order valence-corrected chi connectivity index (χ4v) is 4.98. The molecule has 3 heterocycles. The third kappa shape index (κ3) is 3.33. The molecule has 0 bridgehead atoms. The standard InChI is InChI=1S/C18H20N2O4S/c21-18(14-7-10-25(22,23)11-8-14)20-9-6-16-15(12-20)19-17(24-16)13-4-2-1-3-5-13/h1-5,14H,6-12H2. The summed E-state index contributed by atoms with van der Waals surface area (Å²) in [6.07, 6.45) is 1.50. The normalized spacial score (nSPS) is 20.2. The first-order chi connectivity index (χ1) is 12.0. The van der Waals surface area contributed by atoms with Gasteiger partial charge in [-0.15, -0.1) is 0 Å². The molecule has 1 aromatic heterocycles. The first-order valence-electron chi connectivity index (χ1n) is 8.55. The molecule has 0 unspecified atom stereocenters. The Kier molecular flexibility index (Phi) is 4.11. The van der Waals surface area contributed by atoms with Gasteiger partial charge < -0.3 is 9.32 Å².